The van der Waals surface area contributed by atoms with Crippen LogP contribution >= 0.6 is 0 Å². The van der Waals surface area contributed by atoms with Gasteiger partial charge in [0.1, 0.15) is 0 Å². The highest BCUT2D eigenvalue weighted by Crippen LogP contribution is 2.31. The molecule has 1 aromatic rings. The van der Waals surface area contributed by atoms with Gasteiger partial charge in [-0.15, -0.1) is 0 Å². The summed E-state index contributed by atoms with van der Waals surface area (Å²) >= 11 is 0. The van der Waals surface area contributed by atoms with E-state index in [1.54, 1.807) is 0 Å². The maximum Gasteiger partial charge on any atom is 0.0434 e. The van der Waals surface area contributed by atoms with Crippen molar-refractivity contribution in [2.75, 3.05) is 11.9 Å². The van der Waals surface area contributed by atoms with Gasteiger partial charge >= 0.3 is 0 Å². The molecular formula is C17H27NO. The number of rotatable bonds is 5. The average Bonchev–Trinajstić information content (AvgIpc) is 2.41. The molecule has 19 heavy (non-hydrogen) atoms. The molecule has 0 bridgehead atoms. The Morgan fingerprint density at radius 1 is 1.21 bits per heavy atom. The van der Waals surface area contributed by atoms with E-state index in [1.165, 1.54) is 30.5 Å². The molecule has 1 aromatic carbocycles. The minimum Gasteiger partial charge on any atom is -0.396 e. The summed E-state index contributed by atoms with van der Waals surface area (Å²) in [6, 6.07) is 9.27. The fourth-order valence-electron chi connectivity index (χ4n) is 3.26. The third-order valence-corrected chi connectivity index (χ3v) is 4.43. The first-order valence-corrected chi connectivity index (χ1v) is 7.67. The van der Waals surface area contributed by atoms with Gasteiger partial charge in [0.05, 0.1) is 0 Å². The standard InChI is InChI=1S/C17H27NO/c1-13-6-3-7-14(2)17(13)18-16-10-4-8-15(12-16)9-5-11-19/h4,8,10,12-14,17-19H,3,5-7,9,11H2,1-2H3. The summed E-state index contributed by atoms with van der Waals surface area (Å²) < 4.78 is 0. The van der Waals surface area contributed by atoms with Gasteiger partial charge in [0.25, 0.3) is 0 Å². The molecule has 2 rings (SSSR count). The Morgan fingerprint density at radius 3 is 2.63 bits per heavy atom. The van der Waals surface area contributed by atoms with Gasteiger partial charge < -0.3 is 10.4 Å². The first kappa shape index (κ1) is 14.4. The van der Waals surface area contributed by atoms with Crippen LogP contribution in [0.1, 0.15) is 45.1 Å². The zero-order valence-electron chi connectivity index (χ0n) is 12.2. The predicted octanol–water partition coefficient (Wildman–Crippen LogP) is 3.85. The van der Waals surface area contributed by atoms with Crippen LogP contribution < -0.4 is 5.32 Å². The van der Waals surface area contributed by atoms with Crippen molar-refractivity contribution < 1.29 is 5.11 Å². The summed E-state index contributed by atoms with van der Waals surface area (Å²) in [5, 5.41) is 12.6. The topological polar surface area (TPSA) is 32.3 Å². The molecule has 2 atom stereocenters. The summed E-state index contributed by atoms with van der Waals surface area (Å²) in [4.78, 5) is 0. The number of aliphatic hydroxyl groups excluding tert-OH is 1. The second kappa shape index (κ2) is 6.95. The largest absolute Gasteiger partial charge is 0.396 e. The second-order valence-electron chi connectivity index (χ2n) is 6.08. The second-order valence-corrected chi connectivity index (χ2v) is 6.08. The number of benzene rings is 1. The lowest BCUT2D eigenvalue weighted by Crippen LogP contribution is -2.37. The first-order chi connectivity index (χ1) is 9.20. The molecule has 0 amide bonds. The highest BCUT2D eigenvalue weighted by molar-refractivity contribution is 5.47. The normalized spacial score (nSPS) is 27.2. The van der Waals surface area contributed by atoms with Gasteiger partial charge in [-0.1, -0.05) is 32.4 Å². The fraction of sp³-hybridized carbons (Fsp3) is 0.647. The van der Waals surface area contributed by atoms with Crippen molar-refractivity contribution in [3.05, 3.63) is 29.8 Å². The van der Waals surface area contributed by atoms with Gasteiger partial charge in [0.15, 0.2) is 0 Å². The Kier molecular flexibility index (Phi) is 5.26. The van der Waals surface area contributed by atoms with Crippen LogP contribution in [0, 0.1) is 11.8 Å². The Morgan fingerprint density at radius 2 is 1.95 bits per heavy atom. The number of aryl methyl sites for hydroxylation is 1. The molecule has 0 saturated heterocycles. The van der Waals surface area contributed by atoms with E-state index >= 15 is 0 Å². The molecule has 2 heteroatoms. The Hall–Kier alpha value is -1.02. The lowest BCUT2D eigenvalue weighted by Gasteiger charge is -2.36. The number of hydrogen-bond acceptors (Lipinski definition) is 2. The lowest BCUT2D eigenvalue weighted by molar-refractivity contribution is 0.268. The van der Waals surface area contributed by atoms with Crippen molar-refractivity contribution in [3.63, 3.8) is 0 Å². The van der Waals surface area contributed by atoms with Crippen molar-refractivity contribution in [1.82, 2.24) is 0 Å². The van der Waals surface area contributed by atoms with Gasteiger partial charge in [-0.05, 0) is 55.2 Å². The van der Waals surface area contributed by atoms with Crippen molar-refractivity contribution in [2.45, 2.75) is 52.0 Å². The molecule has 1 aliphatic rings. The average molecular weight is 261 g/mol. The van der Waals surface area contributed by atoms with Crippen molar-refractivity contribution in [1.29, 1.82) is 0 Å². The maximum atomic E-state index is 8.91. The number of anilines is 1. The van der Waals surface area contributed by atoms with Crippen molar-refractivity contribution in [2.24, 2.45) is 11.8 Å². The molecule has 1 aliphatic carbocycles. The number of aliphatic hydroxyl groups is 1. The van der Waals surface area contributed by atoms with E-state index in [2.05, 4.69) is 43.4 Å². The molecule has 0 aliphatic heterocycles. The van der Waals surface area contributed by atoms with Crippen molar-refractivity contribution >= 4 is 5.69 Å². The quantitative estimate of drug-likeness (QED) is 0.844. The first-order valence-electron chi connectivity index (χ1n) is 7.67. The van der Waals surface area contributed by atoms with Gasteiger partial charge in [-0.2, -0.15) is 0 Å². The molecular weight excluding hydrogens is 234 g/mol. The number of hydrogen-bond donors (Lipinski definition) is 2. The van der Waals surface area contributed by atoms with Gasteiger partial charge in [-0.25, -0.2) is 0 Å². The third kappa shape index (κ3) is 3.97. The van der Waals surface area contributed by atoms with Gasteiger partial charge in [0, 0.05) is 18.3 Å². The number of nitrogens with one attached hydrogen (secondary N) is 1. The van der Waals surface area contributed by atoms with Crippen LogP contribution in [0.5, 0.6) is 0 Å². The molecule has 0 heterocycles. The summed E-state index contributed by atoms with van der Waals surface area (Å²) in [6.07, 6.45) is 5.86. The SMILES string of the molecule is CC1CCCC(C)C1Nc1cccc(CCCO)c1. The van der Waals surface area contributed by atoms with E-state index in [-0.39, 0.29) is 6.61 Å². The van der Waals surface area contributed by atoms with E-state index in [0.29, 0.717) is 6.04 Å². The maximum absolute atomic E-state index is 8.91. The van der Waals surface area contributed by atoms with Crippen LogP contribution in [0.15, 0.2) is 24.3 Å². The van der Waals surface area contributed by atoms with Crippen LogP contribution in [0.3, 0.4) is 0 Å². The summed E-state index contributed by atoms with van der Waals surface area (Å²) in [7, 11) is 0. The van der Waals surface area contributed by atoms with Gasteiger partial charge in [-0.3, -0.25) is 0 Å². The highest BCUT2D eigenvalue weighted by Gasteiger charge is 2.27. The molecule has 2 unspecified atom stereocenters. The van der Waals surface area contributed by atoms with E-state index in [4.69, 9.17) is 5.11 Å². The van der Waals surface area contributed by atoms with Crippen LogP contribution in [0.4, 0.5) is 5.69 Å². The summed E-state index contributed by atoms with van der Waals surface area (Å²) in [5.41, 5.74) is 2.55. The van der Waals surface area contributed by atoms with E-state index in [1.807, 2.05) is 0 Å². The Balaban J connectivity index is 2.01. The van der Waals surface area contributed by atoms with Crippen molar-refractivity contribution in [3.8, 4) is 0 Å². The van der Waals surface area contributed by atoms with Crippen LogP contribution in [-0.2, 0) is 6.42 Å². The molecule has 0 radical (unpaired) electrons. The monoisotopic (exact) mass is 261 g/mol. The fourth-order valence-corrected chi connectivity index (χ4v) is 3.26. The van der Waals surface area contributed by atoms with Crippen LogP contribution in [0.25, 0.3) is 0 Å². The zero-order chi connectivity index (χ0) is 13.7. The molecule has 2 nitrogen and oxygen atoms in total. The Labute approximate surface area is 117 Å². The summed E-state index contributed by atoms with van der Waals surface area (Å²) in [6.45, 7) is 5.00. The van der Waals surface area contributed by atoms with Crippen LogP contribution in [0.2, 0.25) is 0 Å². The van der Waals surface area contributed by atoms with Gasteiger partial charge in [0.2, 0.25) is 0 Å². The van der Waals surface area contributed by atoms with E-state index in [9.17, 15) is 0 Å². The third-order valence-electron chi connectivity index (χ3n) is 4.43. The highest BCUT2D eigenvalue weighted by atomic mass is 16.2. The smallest absolute Gasteiger partial charge is 0.0434 e. The zero-order valence-corrected chi connectivity index (χ0v) is 12.2. The summed E-state index contributed by atoms with van der Waals surface area (Å²) in [5.74, 6) is 1.51. The van der Waals surface area contributed by atoms with E-state index < -0.39 is 0 Å². The molecule has 0 spiro atoms. The lowest BCUT2D eigenvalue weighted by atomic mass is 9.78. The Bertz CT molecular complexity index is 381. The molecule has 106 valence electrons. The molecule has 0 aromatic heterocycles. The molecule has 1 fully saturated rings. The van der Waals surface area contributed by atoms with E-state index in [0.717, 1.165) is 24.7 Å². The molecule has 1 saturated carbocycles. The predicted molar refractivity (Wildman–Crippen MR) is 81.4 cm³/mol. The molecule has 2 N–H and O–H groups in total. The minimum absolute atomic E-state index is 0.272. The van der Waals surface area contributed by atoms with Crippen LogP contribution in [-0.4, -0.2) is 17.8 Å². The minimum atomic E-state index is 0.272.